The van der Waals surface area contributed by atoms with E-state index in [-0.39, 0.29) is 11.3 Å². The number of hydrogen-bond acceptors (Lipinski definition) is 6. The van der Waals surface area contributed by atoms with Crippen molar-refractivity contribution in [3.05, 3.63) is 64.7 Å². The second-order valence-corrected chi connectivity index (χ2v) is 7.65. The van der Waals surface area contributed by atoms with Gasteiger partial charge in [-0.15, -0.1) is 0 Å². The second-order valence-electron chi connectivity index (χ2n) is 7.65. The van der Waals surface area contributed by atoms with E-state index in [0.29, 0.717) is 47.6 Å². The van der Waals surface area contributed by atoms with E-state index >= 15 is 0 Å². The summed E-state index contributed by atoms with van der Waals surface area (Å²) in [6.07, 6.45) is 1.56. The van der Waals surface area contributed by atoms with Crippen LogP contribution in [0.2, 0.25) is 0 Å². The first-order valence-corrected chi connectivity index (χ1v) is 10.5. The fraction of sp³-hybridized carbons (Fsp3) is 0.304. The van der Waals surface area contributed by atoms with Crippen LogP contribution in [0.1, 0.15) is 17.3 Å². The quantitative estimate of drug-likeness (QED) is 0.577. The number of aromatic nitrogens is 2. The highest BCUT2D eigenvalue weighted by Gasteiger charge is 2.12. The molecule has 0 spiro atoms. The molecule has 4 rings (SSSR count). The lowest BCUT2D eigenvalue weighted by Gasteiger charge is -2.26. The number of hydrogen-bond donors (Lipinski definition) is 2. The Labute approximate surface area is 185 Å². The molecule has 9 heteroatoms. The average molecular weight is 435 g/mol. The normalized spacial score (nSPS) is 14.3. The van der Waals surface area contributed by atoms with Crippen molar-refractivity contribution in [3.8, 4) is 0 Å². The van der Waals surface area contributed by atoms with Gasteiger partial charge in [-0.25, -0.2) is 9.78 Å². The van der Waals surface area contributed by atoms with Crippen LogP contribution in [0.5, 0.6) is 0 Å². The lowest BCUT2D eigenvalue weighted by atomic mass is 10.1. The van der Waals surface area contributed by atoms with E-state index in [1.54, 1.807) is 53.4 Å². The first-order chi connectivity index (χ1) is 15.5. The van der Waals surface area contributed by atoms with Crippen LogP contribution in [0.15, 0.2) is 53.6 Å². The number of anilines is 2. The van der Waals surface area contributed by atoms with Gasteiger partial charge in [-0.2, -0.15) is 0 Å². The molecule has 0 saturated carbocycles. The number of urea groups is 1. The Kier molecular flexibility index (Phi) is 6.58. The van der Waals surface area contributed by atoms with Crippen LogP contribution in [0, 0.1) is 0 Å². The molecule has 2 N–H and O–H groups in total. The minimum absolute atomic E-state index is 0.0824. The summed E-state index contributed by atoms with van der Waals surface area (Å²) >= 11 is 0. The fourth-order valence-corrected chi connectivity index (χ4v) is 3.58. The summed E-state index contributed by atoms with van der Waals surface area (Å²) < 4.78 is 6.95. The molecule has 1 fully saturated rings. The van der Waals surface area contributed by atoms with Crippen molar-refractivity contribution in [2.24, 2.45) is 0 Å². The summed E-state index contributed by atoms with van der Waals surface area (Å²) in [7, 11) is 0. The molecule has 32 heavy (non-hydrogen) atoms. The van der Waals surface area contributed by atoms with Gasteiger partial charge in [0.2, 0.25) is 0 Å². The van der Waals surface area contributed by atoms with Crippen LogP contribution in [0.25, 0.3) is 10.9 Å². The molecular weight excluding hydrogens is 410 g/mol. The fourth-order valence-electron chi connectivity index (χ4n) is 3.58. The van der Waals surface area contributed by atoms with Gasteiger partial charge in [0.1, 0.15) is 0 Å². The van der Waals surface area contributed by atoms with E-state index in [1.165, 1.54) is 6.92 Å². The number of amides is 2. The van der Waals surface area contributed by atoms with E-state index in [9.17, 15) is 14.4 Å². The Hall–Kier alpha value is -3.56. The number of nitrogens with one attached hydrogen (secondary N) is 2. The third-order valence-corrected chi connectivity index (χ3v) is 5.37. The number of rotatable bonds is 6. The van der Waals surface area contributed by atoms with Gasteiger partial charge < -0.3 is 15.4 Å². The maximum Gasteiger partial charge on any atom is 0.323 e. The lowest BCUT2D eigenvalue weighted by Crippen LogP contribution is -2.39. The zero-order valence-electron chi connectivity index (χ0n) is 17.8. The molecule has 2 amide bonds. The molecule has 0 radical (unpaired) electrons. The van der Waals surface area contributed by atoms with Crippen LogP contribution in [0.3, 0.4) is 0 Å². The molecule has 2 aromatic carbocycles. The van der Waals surface area contributed by atoms with Crippen molar-refractivity contribution in [3.63, 3.8) is 0 Å². The Morgan fingerprint density at radius 3 is 2.53 bits per heavy atom. The summed E-state index contributed by atoms with van der Waals surface area (Å²) in [4.78, 5) is 43.5. The number of carbonyl (C=O) groups excluding carboxylic acids is 2. The Bertz CT molecular complexity index is 1200. The second kappa shape index (κ2) is 9.71. The monoisotopic (exact) mass is 435 g/mol. The molecule has 0 unspecified atom stereocenters. The van der Waals surface area contributed by atoms with Gasteiger partial charge in [0.05, 0.1) is 30.4 Å². The van der Waals surface area contributed by atoms with Crippen LogP contribution >= 0.6 is 0 Å². The van der Waals surface area contributed by atoms with Gasteiger partial charge in [0.15, 0.2) is 5.78 Å². The Balaban J connectivity index is 1.46. The summed E-state index contributed by atoms with van der Waals surface area (Å²) in [6.45, 7) is 5.88. The van der Waals surface area contributed by atoms with Crippen LogP contribution < -0.4 is 16.2 Å². The number of ether oxygens (including phenoxy) is 1. The topological polar surface area (TPSA) is 106 Å². The van der Waals surface area contributed by atoms with Gasteiger partial charge in [-0.3, -0.25) is 19.1 Å². The third kappa shape index (κ3) is 5.19. The van der Waals surface area contributed by atoms with E-state index in [0.717, 1.165) is 19.6 Å². The first-order valence-electron chi connectivity index (χ1n) is 10.5. The largest absolute Gasteiger partial charge is 0.379 e. The summed E-state index contributed by atoms with van der Waals surface area (Å²) in [5, 5.41) is 5.86. The highest BCUT2D eigenvalue weighted by molar-refractivity contribution is 6.02. The molecule has 0 aliphatic carbocycles. The molecular formula is C23H25N5O4. The van der Waals surface area contributed by atoms with Gasteiger partial charge in [-0.1, -0.05) is 12.1 Å². The molecule has 0 bridgehead atoms. The highest BCUT2D eigenvalue weighted by atomic mass is 16.5. The van der Waals surface area contributed by atoms with Crippen molar-refractivity contribution >= 4 is 34.1 Å². The molecule has 1 saturated heterocycles. The van der Waals surface area contributed by atoms with Crippen molar-refractivity contribution in [2.75, 3.05) is 43.5 Å². The predicted octanol–water partition coefficient (Wildman–Crippen LogP) is 2.58. The average Bonchev–Trinajstić information content (AvgIpc) is 2.80. The molecule has 3 aromatic rings. The van der Waals surface area contributed by atoms with Crippen molar-refractivity contribution < 1.29 is 14.3 Å². The number of Topliss-reactive ketones (excluding diaryl/α,β-unsaturated/α-hetero) is 1. The van der Waals surface area contributed by atoms with Crippen molar-refractivity contribution in [1.29, 1.82) is 0 Å². The standard InChI is InChI=1S/C23H25N5O4/c1-16(29)17-3-2-4-18(13-17)25-23(31)26-19-5-6-21-20(14-19)22(30)28(15-24-21)8-7-27-9-11-32-12-10-27/h2-6,13-15H,7-12H2,1H3,(H2,25,26,31). The molecule has 2 heterocycles. The smallest absolute Gasteiger partial charge is 0.323 e. The molecule has 1 aliphatic rings. The summed E-state index contributed by atoms with van der Waals surface area (Å²) in [5.41, 5.74) is 1.90. The Morgan fingerprint density at radius 2 is 1.78 bits per heavy atom. The first kappa shape index (κ1) is 21.7. The van der Waals surface area contributed by atoms with E-state index < -0.39 is 6.03 Å². The number of nitrogens with zero attached hydrogens (tertiary/aromatic N) is 3. The highest BCUT2D eigenvalue weighted by Crippen LogP contribution is 2.16. The zero-order chi connectivity index (χ0) is 22.5. The molecule has 166 valence electrons. The van der Waals surface area contributed by atoms with E-state index in [4.69, 9.17) is 4.74 Å². The van der Waals surface area contributed by atoms with E-state index in [2.05, 4.69) is 20.5 Å². The SMILES string of the molecule is CC(=O)c1cccc(NC(=O)Nc2ccc3ncn(CCN4CCOCC4)c(=O)c3c2)c1. The minimum atomic E-state index is -0.471. The number of ketones is 1. The number of morpholine rings is 1. The molecule has 0 atom stereocenters. The third-order valence-electron chi connectivity index (χ3n) is 5.37. The number of carbonyl (C=O) groups is 2. The maximum atomic E-state index is 13.0. The molecule has 9 nitrogen and oxygen atoms in total. The van der Waals surface area contributed by atoms with Crippen molar-refractivity contribution in [2.45, 2.75) is 13.5 Å². The van der Waals surface area contributed by atoms with Gasteiger partial charge in [0, 0.05) is 43.1 Å². The van der Waals surface area contributed by atoms with Gasteiger partial charge >= 0.3 is 6.03 Å². The minimum Gasteiger partial charge on any atom is -0.379 e. The Morgan fingerprint density at radius 1 is 1.03 bits per heavy atom. The zero-order valence-corrected chi connectivity index (χ0v) is 17.8. The van der Waals surface area contributed by atoms with Gasteiger partial charge in [-0.05, 0) is 37.3 Å². The molecule has 1 aliphatic heterocycles. The van der Waals surface area contributed by atoms with Crippen LogP contribution in [0.4, 0.5) is 16.2 Å². The maximum absolute atomic E-state index is 13.0. The number of fused-ring (bicyclic) bond motifs is 1. The van der Waals surface area contributed by atoms with Gasteiger partial charge in [0.25, 0.3) is 5.56 Å². The summed E-state index contributed by atoms with van der Waals surface area (Å²) in [5.74, 6) is -0.0824. The predicted molar refractivity (Wildman–Crippen MR) is 122 cm³/mol. The lowest BCUT2D eigenvalue weighted by molar-refractivity contribution is 0.0362. The summed E-state index contributed by atoms with van der Waals surface area (Å²) in [6, 6.07) is 11.2. The van der Waals surface area contributed by atoms with Crippen molar-refractivity contribution in [1.82, 2.24) is 14.5 Å². The molecule has 1 aromatic heterocycles. The van der Waals surface area contributed by atoms with Crippen LogP contribution in [-0.2, 0) is 11.3 Å². The van der Waals surface area contributed by atoms with E-state index in [1.807, 2.05) is 0 Å². The number of benzene rings is 2. The van der Waals surface area contributed by atoms with Crippen LogP contribution in [-0.4, -0.2) is 59.1 Å².